The molecule has 1 aliphatic rings. The highest BCUT2D eigenvalue weighted by atomic mass is 32.2. The Balaban J connectivity index is 1.73. The summed E-state index contributed by atoms with van der Waals surface area (Å²) in [6, 6.07) is 8.27. The summed E-state index contributed by atoms with van der Waals surface area (Å²) in [6.45, 7) is 7.80. The smallest absolute Gasteiger partial charge is 0.249 e. The molecule has 2 heterocycles. The van der Waals surface area contributed by atoms with Crippen LogP contribution in [0.4, 0.5) is 0 Å². The predicted octanol–water partition coefficient (Wildman–Crippen LogP) is 2.03. The van der Waals surface area contributed by atoms with E-state index >= 15 is 0 Å². The predicted molar refractivity (Wildman–Crippen MR) is 118 cm³/mol. The standard InChI is InChI=1S/C22H30N4O5S/c1-15(2)14-19(27)23-20(18-8-6-5-7-9-18)22(28)25-10-12-26(13-11-25)32(29,30)21-16(3)24-31-17(21)4/h5-9,15,20H,10-14H2,1-4H3,(H,23,27). The molecular weight excluding hydrogens is 432 g/mol. The summed E-state index contributed by atoms with van der Waals surface area (Å²) in [4.78, 5) is 27.4. The van der Waals surface area contributed by atoms with Crippen LogP contribution in [0, 0.1) is 19.8 Å². The van der Waals surface area contributed by atoms with Crippen molar-refractivity contribution in [1.29, 1.82) is 0 Å². The number of sulfonamides is 1. The molecule has 1 atom stereocenters. The number of hydrogen-bond donors (Lipinski definition) is 1. The number of benzene rings is 1. The van der Waals surface area contributed by atoms with Gasteiger partial charge in [0.15, 0.2) is 5.76 Å². The molecule has 10 heteroatoms. The zero-order valence-electron chi connectivity index (χ0n) is 18.9. The van der Waals surface area contributed by atoms with Gasteiger partial charge in [-0.3, -0.25) is 9.59 Å². The van der Waals surface area contributed by atoms with Gasteiger partial charge in [0.25, 0.3) is 0 Å². The number of hydrogen-bond acceptors (Lipinski definition) is 6. The van der Waals surface area contributed by atoms with Crippen molar-refractivity contribution in [1.82, 2.24) is 19.7 Å². The van der Waals surface area contributed by atoms with Gasteiger partial charge in [0.05, 0.1) is 0 Å². The van der Waals surface area contributed by atoms with Crippen molar-refractivity contribution in [3.05, 3.63) is 47.3 Å². The maximum Gasteiger partial charge on any atom is 0.249 e. The van der Waals surface area contributed by atoms with E-state index in [4.69, 9.17) is 4.52 Å². The van der Waals surface area contributed by atoms with Crippen molar-refractivity contribution in [3.8, 4) is 0 Å². The number of nitrogens with one attached hydrogen (secondary N) is 1. The first-order valence-electron chi connectivity index (χ1n) is 10.7. The second-order valence-corrected chi connectivity index (χ2v) is 10.3. The minimum Gasteiger partial charge on any atom is -0.360 e. The fraction of sp³-hybridized carbons (Fsp3) is 0.500. The lowest BCUT2D eigenvalue weighted by atomic mass is 10.0. The number of carbonyl (C=O) groups is 2. The highest BCUT2D eigenvalue weighted by molar-refractivity contribution is 7.89. The van der Waals surface area contributed by atoms with E-state index in [0.29, 0.717) is 17.7 Å². The Labute approximate surface area is 188 Å². The van der Waals surface area contributed by atoms with Crippen molar-refractivity contribution in [2.24, 2.45) is 5.92 Å². The topological polar surface area (TPSA) is 113 Å². The lowest BCUT2D eigenvalue weighted by Gasteiger charge is -2.36. The zero-order valence-corrected chi connectivity index (χ0v) is 19.7. The van der Waals surface area contributed by atoms with Crippen LogP contribution in [-0.2, 0) is 19.6 Å². The number of nitrogens with zero attached hydrogens (tertiary/aromatic N) is 3. The van der Waals surface area contributed by atoms with Crippen LogP contribution in [0.1, 0.15) is 43.3 Å². The van der Waals surface area contributed by atoms with Crippen molar-refractivity contribution >= 4 is 21.8 Å². The lowest BCUT2D eigenvalue weighted by molar-refractivity contribution is -0.137. The zero-order chi connectivity index (χ0) is 23.5. The summed E-state index contributed by atoms with van der Waals surface area (Å²) in [5.41, 5.74) is 1.01. The second kappa shape index (κ2) is 9.83. The van der Waals surface area contributed by atoms with Gasteiger partial charge >= 0.3 is 0 Å². The van der Waals surface area contributed by atoms with Crippen LogP contribution in [0.25, 0.3) is 0 Å². The average Bonchev–Trinajstić information content (AvgIpc) is 3.10. The molecule has 0 bridgehead atoms. The summed E-state index contributed by atoms with van der Waals surface area (Å²) < 4.78 is 32.4. The minimum absolute atomic E-state index is 0.0837. The third kappa shape index (κ3) is 5.18. The molecule has 0 saturated carbocycles. The monoisotopic (exact) mass is 462 g/mol. The molecule has 1 aliphatic heterocycles. The average molecular weight is 463 g/mol. The minimum atomic E-state index is -3.76. The molecule has 1 saturated heterocycles. The second-order valence-electron chi connectivity index (χ2n) is 8.39. The molecule has 174 valence electrons. The van der Waals surface area contributed by atoms with Crippen molar-refractivity contribution < 1.29 is 22.5 Å². The van der Waals surface area contributed by atoms with E-state index in [-0.39, 0.29) is 54.6 Å². The fourth-order valence-electron chi connectivity index (χ4n) is 3.83. The third-order valence-electron chi connectivity index (χ3n) is 5.39. The van der Waals surface area contributed by atoms with Crippen LogP contribution in [0.5, 0.6) is 0 Å². The summed E-state index contributed by atoms with van der Waals surface area (Å²) in [5.74, 6) is -0.0258. The van der Waals surface area contributed by atoms with Gasteiger partial charge in [0, 0.05) is 32.6 Å². The van der Waals surface area contributed by atoms with E-state index in [2.05, 4.69) is 10.5 Å². The highest BCUT2D eigenvalue weighted by Crippen LogP contribution is 2.25. The molecule has 0 spiro atoms. The maximum atomic E-state index is 13.3. The largest absolute Gasteiger partial charge is 0.360 e. The van der Waals surface area contributed by atoms with Crippen LogP contribution in [0.15, 0.2) is 39.8 Å². The third-order valence-corrected chi connectivity index (χ3v) is 7.54. The number of piperazine rings is 1. The molecule has 2 aromatic rings. The summed E-state index contributed by atoms with van der Waals surface area (Å²) in [6.07, 6.45) is 0.320. The summed E-state index contributed by atoms with van der Waals surface area (Å²) in [7, 11) is -3.76. The molecule has 1 aromatic carbocycles. The first-order valence-corrected chi connectivity index (χ1v) is 12.1. The molecule has 1 N–H and O–H groups in total. The normalized spacial score (nSPS) is 16.2. The molecule has 1 aromatic heterocycles. The van der Waals surface area contributed by atoms with Crippen molar-refractivity contribution in [2.75, 3.05) is 26.2 Å². The van der Waals surface area contributed by atoms with Crippen LogP contribution in [0.2, 0.25) is 0 Å². The van der Waals surface area contributed by atoms with Gasteiger partial charge in [-0.2, -0.15) is 4.31 Å². The molecule has 9 nitrogen and oxygen atoms in total. The SMILES string of the molecule is Cc1noc(C)c1S(=O)(=O)N1CCN(C(=O)C(NC(=O)CC(C)C)c2ccccc2)CC1. The molecule has 1 fully saturated rings. The highest BCUT2D eigenvalue weighted by Gasteiger charge is 2.36. The Bertz CT molecular complexity index is 1040. The summed E-state index contributed by atoms with van der Waals surface area (Å²) >= 11 is 0. The Hall–Kier alpha value is -2.72. The van der Waals surface area contributed by atoms with Gasteiger partial charge in [-0.15, -0.1) is 0 Å². The molecule has 3 rings (SSSR count). The Kier molecular flexibility index (Phi) is 7.35. The maximum absolute atomic E-state index is 13.3. The van der Waals surface area contributed by atoms with E-state index in [1.54, 1.807) is 30.9 Å². The molecule has 1 unspecified atom stereocenters. The van der Waals surface area contributed by atoms with E-state index in [1.807, 2.05) is 32.0 Å². The van der Waals surface area contributed by atoms with Gasteiger partial charge in [0.1, 0.15) is 16.6 Å². The van der Waals surface area contributed by atoms with E-state index < -0.39 is 16.1 Å². The van der Waals surface area contributed by atoms with Crippen LogP contribution in [-0.4, -0.2) is 60.8 Å². The number of amides is 2. The van der Waals surface area contributed by atoms with Gasteiger partial charge < -0.3 is 14.7 Å². The molecule has 0 aliphatic carbocycles. The lowest BCUT2D eigenvalue weighted by Crippen LogP contribution is -2.53. The van der Waals surface area contributed by atoms with Gasteiger partial charge in [-0.25, -0.2) is 8.42 Å². The van der Waals surface area contributed by atoms with E-state index in [1.165, 1.54) is 4.31 Å². The van der Waals surface area contributed by atoms with E-state index in [0.717, 1.165) is 0 Å². The number of aromatic nitrogens is 1. The first-order chi connectivity index (χ1) is 15.1. The van der Waals surface area contributed by atoms with Crippen molar-refractivity contribution in [2.45, 2.75) is 45.1 Å². The molecule has 2 amide bonds. The molecule has 32 heavy (non-hydrogen) atoms. The van der Waals surface area contributed by atoms with Gasteiger partial charge in [-0.1, -0.05) is 49.3 Å². The van der Waals surface area contributed by atoms with Crippen molar-refractivity contribution in [3.63, 3.8) is 0 Å². The Morgan fingerprint density at radius 3 is 2.25 bits per heavy atom. The van der Waals surface area contributed by atoms with Crippen LogP contribution < -0.4 is 5.32 Å². The Morgan fingerprint density at radius 1 is 1.09 bits per heavy atom. The van der Waals surface area contributed by atoms with Crippen LogP contribution >= 0.6 is 0 Å². The number of carbonyl (C=O) groups excluding carboxylic acids is 2. The number of rotatable bonds is 7. The van der Waals surface area contributed by atoms with Crippen LogP contribution in [0.3, 0.4) is 0 Å². The Morgan fingerprint density at radius 2 is 1.72 bits per heavy atom. The van der Waals surface area contributed by atoms with Gasteiger partial charge in [0.2, 0.25) is 21.8 Å². The van der Waals surface area contributed by atoms with E-state index in [9.17, 15) is 18.0 Å². The fourth-order valence-corrected chi connectivity index (χ4v) is 5.54. The summed E-state index contributed by atoms with van der Waals surface area (Å²) in [5, 5.41) is 6.60. The number of aryl methyl sites for hydroxylation is 2. The van der Waals surface area contributed by atoms with Gasteiger partial charge in [-0.05, 0) is 25.3 Å². The molecule has 0 radical (unpaired) electrons. The first kappa shape index (κ1) is 23.9. The molecular formula is C22H30N4O5S. The quantitative estimate of drug-likeness (QED) is 0.674.